The molecule has 2 N–H and O–H groups in total. The fourth-order valence-electron chi connectivity index (χ4n) is 3.39. The Kier molecular flexibility index (Phi) is 4.01. The van der Waals surface area contributed by atoms with Crippen molar-refractivity contribution in [2.45, 2.75) is 25.8 Å². The second kappa shape index (κ2) is 5.93. The van der Waals surface area contributed by atoms with Crippen LogP contribution in [-0.2, 0) is 0 Å². The van der Waals surface area contributed by atoms with Crippen molar-refractivity contribution in [1.29, 1.82) is 0 Å². The van der Waals surface area contributed by atoms with E-state index < -0.39 is 0 Å². The van der Waals surface area contributed by atoms with Crippen LogP contribution in [0, 0.1) is 0 Å². The molecule has 0 radical (unpaired) electrons. The van der Waals surface area contributed by atoms with Gasteiger partial charge in [-0.05, 0) is 38.4 Å². The molecule has 1 aromatic carbocycles. The average Bonchev–Trinajstić information content (AvgIpc) is 2.94. The molecule has 0 aliphatic carbocycles. The minimum Gasteiger partial charge on any atom is -0.493 e. The molecular weight excluding hydrogens is 266 g/mol. The number of nitrogen functional groups attached to an aromatic ring is 1. The largest absolute Gasteiger partial charge is 0.493 e. The quantitative estimate of drug-likeness (QED) is 0.859. The van der Waals surface area contributed by atoms with Gasteiger partial charge in [0.15, 0.2) is 0 Å². The topological polar surface area (TPSA) is 58.8 Å². The number of piperazine rings is 1. The van der Waals surface area contributed by atoms with Gasteiger partial charge in [0.1, 0.15) is 11.3 Å². The Balaban J connectivity index is 1.82. The number of fused-ring (bicyclic) bond motifs is 1. The predicted octanol–water partition coefficient (Wildman–Crippen LogP) is 1.59. The molecule has 2 aliphatic rings. The summed E-state index contributed by atoms with van der Waals surface area (Å²) in [5.41, 5.74) is 7.05. The van der Waals surface area contributed by atoms with Crippen LogP contribution >= 0.6 is 0 Å². The Hall–Kier alpha value is -1.75. The van der Waals surface area contributed by atoms with Crippen LogP contribution in [0.5, 0.6) is 5.75 Å². The zero-order chi connectivity index (χ0) is 14.8. The van der Waals surface area contributed by atoms with Gasteiger partial charge in [0.05, 0.1) is 6.61 Å². The van der Waals surface area contributed by atoms with Gasteiger partial charge in [0.25, 0.3) is 5.91 Å². The van der Waals surface area contributed by atoms with Gasteiger partial charge in [-0.25, -0.2) is 0 Å². The normalized spacial score (nSPS) is 22.1. The molecule has 5 heteroatoms. The first-order chi connectivity index (χ1) is 10.2. The van der Waals surface area contributed by atoms with E-state index in [9.17, 15) is 4.79 Å². The number of rotatable bonds is 3. The number of benzene rings is 1. The summed E-state index contributed by atoms with van der Waals surface area (Å²) in [5.74, 6) is 0.597. The first-order valence-electron chi connectivity index (χ1n) is 7.75. The van der Waals surface area contributed by atoms with E-state index in [0.717, 1.165) is 19.6 Å². The van der Waals surface area contributed by atoms with Crippen molar-refractivity contribution in [2.75, 3.05) is 38.5 Å². The van der Waals surface area contributed by atoms with Crippen molar-refractivity contribution in [2.24, 2.45) is 0 Å². The van der Waals surface area contributed by atoms with E-state index in [4.69, 9.17) is 10.5 Å². The number of nitrogens with two attached hydrogens (primary N) is 1. The van der Waals surface area contributed by atoms with E-state index >= 15 is 0 Å². The van der Waals surface area contributed by atoms with Gasteiger partial charge in [0, 0.05) is 31.4 Å². The van der Waals surface area contributed by atoms with Gasteiger partial charge < -0.3 is 15.4 Å². The summed E-state index contributed by atoms with van der Waals surface area (Å²) in [6.45, 7) is 6.15. The van der Waals surface area contributed by atoms with Gasteiger partial charge in [-0.2, -0.15) is 0 Å². The maximum absolute atomic E-state index is 12.9. The first kappa shape index (κ1) is 14.2. The Bertz CT molecular complexity index is 532. The molecule has 0 aromatic heterocycles. The van der Waals surface area contributed by atoms with Crippen LogP contribution < -0.4 is 10.5 Å². The minimum absolute atomic E-state index is 0.00287. The monoisotopic (exact) mass is 289 g/mol. The summed E-state index contributed by atoms with van der Waals surface area (Å²) < 4.78 is 5.58. The third-order valence-electron chi connectivity index (χ3n) is 4.45. The van der Waals surface area contributed by atoms with Crippen LogP contribution in [0.1, 0.15) is 30.1 Å². The molecular formula is C16H23N3O2. The van der Waals surface area contributed by atoms with Crippen LogP contribution in [0.4, 0.5) is 5.69 Å². The van der Waals surface area contributed by atoms with E-state index in [1.165, 1.54) is 19.4 Å². The number of ether oxygens (including phenoxy) is 1. The molecule has 2 saturated heterocycles. The SMILES string of the molecule is CCOc1cccc(N)c1C(=O)N1CCN2CCCC2C1. The minimum atomic E-state index is 0.00287. The van der Waals surface area contributed by atoms with Crippen LogP contribution in [0.3, 0.4) is 0 Å². The Morgan fingerprint density at radius 3 is 3.05 bits per heavy atom. The number of nitrogens with zero attached hydrogens (tertiary/aromatic N) is 2. The summed E-state index contributed by atoms with van der Waals surface area (Å²) in [4.78, 5) is 17.3. The number of hydrogen-bond donors (Lipinski definition) is 1. The maximum Gasteiger partial charge on any atom is 0.259 e. The van der Waals surface area contributed by atoms with Gasteiger partial charge in [-0.1, -0.05) is 6.07 Å². The highest BCUT2D eigenvalue weighted by Crippen LogP contribution is 2.28. The predicted molar refractivity (Wildman–Crippen MR) is 82.5 cm³/mol. The number of hydrogen-bond acceptors (Lipinski definition) is 4. The summed E-state index contributed by atoms with van der Waals surface area (Å²) in [6, 6.07) is 5.93. The lowest BCUT2D eigenvalue weighted by Gasteiger charge is -2.37. The van der Waals surface area contributed by atoms with Crippen LogP contribution in [-0.4, -0.2) is 54.5 Å². The highest BCUT2D eigenvalue weighted by molar-refractivity contribution is 6.02. The third kappa shape index (κ3) is 2.70. The summed E-state index contributed by atoms with van der Waals surface area (Å²) in [5, 5.41) is 0. The molecule has 0 saturated carbocycles. The average molecular weight is 289 g/mol. The lowest BCUT2D eigenvalue weighted by Crippen LogP contribution is -2.52. The lowest BCUT2D eigenvalue weighted by molar-refractivity contribution is 0.0568. The fraction of sp³-hybridized carbons (Fsp3) is 0.562. The fourth-order valence-corrected chi connectivity index (χ4v) is 3.39. The number of anilines is 1. The smallest absolute Gasteiger partial charge is 0.259 e. The van der Waals surface area contributed by atoms with Crippen molar-refractivity contribution in [3.05, 3.63) is 23.8 Å². The summed E-state index contributed by atoms with van der Waals surface area (Å²) >= 11 is 0. The molecule has 2 fully saturated rings. The lowest BCUT2D eigenvalue weighted by atomic mass is 10.1. The molecule has 114 valence electrons. The third-order valence-corrected chi connectivity index (χ3v) is 4.45. The van der Waals surface area contributed by atoms with E-state index in [1.807, 2.05) is 24.0 Å². The molecule has 2 heterocycles. The van der Waals surface area contributed by atoms with Crippen molar-refractivity contribution in [3.63, 3.8) is 0 Å². The molecule has 0 spiro atoms. The molecule has 1 aromatic rings. The Labute approximate surface area is 125 Å². The highest BCUT2D eigenvalue weighted by atomic mass is 16.5. The summed E-state index contributed by atoms with van der Waals surface area (Å²) in [6.07, 6.45) is 2.43. The van der Waals surface area contributed by atoms with Crippen molar-refractivity contribution in [1.82, 2.24) is 9.80 Å². The standard InChI is InChI=1S/C16H23N3O2/c1-2-21-14-7-3-6-13(17)15(14)16(20)19-10-9-18-8-4-5-12(18)11-19/h3,6-7,12H,2,4-5,8-11,17H2,1H3. The molecule has 5 nitrogen and oxygen atoms in total. The highest BCUT2D eigenvalue weighted by Gasteiger charge is 2.34. The van der Waals surface area contributed by atoms with Gasteiger partial charge in [-0.3, -0.25) is 9.69 Å². The van der Waals surface area contributed by atoms with E-state index in [1.54, 1.807) is 6.07 Å². The second-order valence-corrected chi connectivity index (χ2v) is 5.74. The zero-order valence-corrected chi connectivity index (χ0v) is 12.5. The number of amides is 1. The van der Waals surface area contributed by atoms with Crippen LogP contribution in [0.2, 0.25) is 0 Å². The molecule has 0 bridgehead atoms. The van der Waals surface area contributed by atoms with Crippen molar-refractivity contribution >= 4 is 11.6 Å². The molecule has 1 unspecified atom stereocenters. The number of carbonyl (C=O) groups is 1. The van der Waals surface area contributed by atoms with E-state index in [2.05, 4.69) is 4.90 Å². The number of carbonyl (C=O) groups excluding carboxylic acids is 1. The second-order valence-electron chi connectivity index (χ2n) is 5.74. The van der Waals surface area contributed by atoms with Gasteiger partial charge in [0.2, 0.25) is 0 Å². The Morgan fingerprint density at radius 2 is 2.24 bits per heavy atom. The molecule has 21 heavy (non-hydrogen) atoms. The van der Waals surface area contributed by atoms with Gasteiger partial charge in [-0.15, -0.1) is 0 Å². The van der Waals surface area contributed by atoms with Crippen LogP contribution in [0.25, 0.3) is 0 Å². The molecule has 2 aliphatic heterocycles. The van der Waals surface area contributed by atoms with Gasteiger partial charge >= 0.3 is 0 Å². The van der Waals surface area contributed by atoms with E-state index in [-0.39, 0.29) is 5.91 Å². The molecule has 3 rings (SSSR count). The van der Waals surface area contributed by atoms with Crippen molar-refractivity contribution < 1.29 is 9.53 Å². The van der Waals surface area contributed by atoms with E-state index in [0.29, 0.717) is 29.6 Å². The zero-order valence-electron chi connectivity index (χ0n) is 12.5. The Morgan fingerprint density at radius 1 is 1.38 bits per heavy atom. The van der Waals surface area contributed by atoms with Crippen LogP contribution in [0.15, 0.2) is 18.2 Å². The van der Waals surface area contributed by atoms with Crippen molar-refractivity contribution in [3.8, 4) is 5.75 Å². The summed E-state index contributed by atoms with van der Waals surface area (Å²) in [7, 11) is 0. The maximum atomic E-state index is 12.9. The molecule has 1 atom stereocenters. The molecule has 1 amide bonds. The first-order valence-corrected chi connectivity index (χ1v) is 7.75.